The van der Waals surface area contributed by atoms with E-state index in [1.54, 1.807) is 7.11 Å². The van der Waals surface area contributed by atoms with Gasteiger partial charge in [-0.05, 0) is 51.0 Å². The highest BCUT2D eigenvalue weighted by molar-refractivity contribution is 5.77. The lowest BCUT2D eigenvalue weighted by Gasteiger charge is -2.37. The molecule has 0 saturated carbocycles. The number of rotatable bonds is 4. The van der Waals surface area contributed by atoms with Crippen molar-refractivity contribution >= 4 is 11.6 Å². The maximum absolute atomic E-state index is 12.6. The summed E-state index contributed by atoms with van der Waals surface area (Å²) in [7, 11) is 3.87. The van der Waals surface area contributed by atoms with Gasteiger partial charge in [-0.15, -0.1) is 0 Å². The number of amides is 1. The van der Waals surface area contributed by atoms with Gasteiger partial charge in [-0.1, -0.05) is 12.1 Å². The molecular formula is C19H29N3O2. The molecule has 1 aromatic carbocycles. The highest BCUT2D eigenvalue weighted by Crippen LogP contribution is 2.28. The van der Waals surface area contributed by atoms with E-state index in [4.69, 9.17) is 4.74 Å². The molecule has 2 fully saturated rings. The van der Waals surface area contributed by atoms with Crippen LogP contribution in [-0.4, -0.2) is 69.1 Å². The summed E-state index contributed by atoms with van der Waals surface area (Å²) in [5, 5.41) is 0. The highest BCUT2D eigenvalue weighted by Gasteiger charge is 2.26. The molecule has 2 saturated heterocycles. The number of piperidine rings is 1. The zero-order valence-electron chi connectivity index (χ0n) is 14.9. The number of likely N-dealkylation sites (tertiary alicyclic amines) is 1. The molecule has 1 amide bonds. The molecule has 0 N–H and O–H groups in total. The maximum atomic E-state index is 12.6. The highest BCUT2D eigenvalue weighted by atomic mass is 16.5. The number of ether oxygens (including phenoxy) is 1. The lowest BCUT2D eigenvalue weighted by Crippen LogP contribution is -2.49. The van der Waals surface area contributed by atoms with Gasteiger partial charge in [-0.3, -0.25) is 4.79 Å². The number of benzene rings is 1. The van der Waals surface area contributed by atoms with Crippen molar-refractivity contribution in [1.82, 2.24) is 9.80 Å². The van der Waals surface area contributed by atoms with Gasteiger partial charge < -0.3 is 19.4 Å². The molecule has 2 aliphatic rings. The largest absolute Gasteiger partial charge is 0.495 e. The molecule has 3 rings (SSSR count). The smallest absolute Gasteiger partial charge is 0.222 e. The lowest BCUT2D eigenvalue weighted by atomic mass is 9.93. The molecule has 0 atom stereocenters. The van der Waals surface area contributed by atoms with Crippen LogP contribution in [0.2, 0.25) is 0 Å². The molecule has 1 aromatic rings. The SMILES string of the molecule is COc1ccccc1N1CCN(C(=O)CC2CCN(C)CC2)CC1. The molecule has 5 heteroatoms. The fraction of sp³-hybridized carbons (Fsp3) is 0.632. The summed E-state index contributed by atoms with van der Waals surface area (Å²) in [6.07, 6.45) is 3.04. The Kier molecular flexibility index (Phi) is 5.61. The Labute approximate surface area is 145 Å². The van der Waals surface area contributed by atoms with E-state index in [0.717, 1.165) is 70.0 Å². The van der Waals surface area contributed by atoms with Crippen LogP contribution in [0.4, 0.5) is 5.69 Å². The van der Waals surface area contributed by atoms with Gasteiger partial charge in [0.1, 0.15) is 5.75 Å². The molecular weight excluding hydrogens is 302 g/mol. The molecule has 24 heavy (non-hydrogen) atoms. The first kappa shape index (κ1) is 17.1. The number of piperazine rings is 1. The van der Waals surface area contributed by atoms with Crippen molar-refractivity contribution in [2.75, 3.05) is 58.3 Å². The second-order valence-corrected chi connectivity index (χ2v) is 6.99. The third kappa shape index (κ3) is 4.01. The summed E-state index contributed by atoms with van der Waals surface area (Å²) >= 11 is 0. The summed E-state index contributed by atoms with van der Waals surface area (Å²) in [5.41, 5.74) is 1.13. The van der Waals surface area contributed by atoms with Crippen molar-refractivity contribution < 1.29 is 9.53 Å². The second-order valence-electron chi connectivity index (χ2n) is 6.99. The van der Waals surface area contributed by atoms with Crippen molar-refractivity contribution in [2.45, 2.75) is 19.3 Å². The molecule has 0 unspecified atom stereocenters. The van der Waals surface area contributed by atoms with Crippen LogP contribution in [0.15, 0.2) is 24.3 Å². The minimum atomic E-state index is 0.337. The maximum Gasteiger partial charge on any atom is 0.222 e. The van der Waals surface area contributed by atoms with Crippen LogP contribution in [-0.2, 0) is 4.79 Å². The molecule has 5 nitrogen and oxygen atoms in total. The minimum Gasteiger partial charge on any atom is -0.495 e. The minimum absolute atomic E-state index is 0.337. The summed E-state index contributed by atoms with van der Waals surface area (Å²) in [6, 6.07) is 8.11. The van der Waals surface area contributed by atoms with Gasteiger partial charge in [0.2, 0.25) is 5.91 Å². The Morgan fingerprint density at radius 2 is 1.75 bits per heavy atom. The van der Waals surface area contributed by atoms with Crippen molar-refractivity contribution in [1.29, 1.82) is 0 Å². The molecule has 132 valence electrons. The van der Waals surface area contributed by atoms with Crippen molar-refractivity contribution in [3.05, 3.63) is 24.3 Å². The summed E-state index contributed by atoms with van der Waals surface area (Å²) in [4.78, 5) is 19.3. The Balaban J connectivity index is 1.50. The zero-order chi connectivity index (χ0) is 16.9. The Hall–Kier alpha value is -1.75. The van der Waals surface area contributed by atoms with Crippen LogP contribution >= 0.6 is 0 Å². The predicted molar refractivity (Wildman–Crippen MR) is 96.6 cm³/mol. The average Bonchev–Trinajstić information content (AvgIpc) is 2.63. The topological polar surface area (TPSA) is 36.0 Å². The number of carbonyl (C=O) groups excluding carboxylic acids is 1. The van der Waals surface area contributed by atoms with E-state index >= 15 is 0 Å². The number of nitrogens with zero attached hydrogens (tertiary/aromatic N) is 3. The van der Waals surface area contributed by atoms with Crippen LogP contribution in [0.1, 0.15) is 19.3 Å². The average molecular weight is 331 g/mol. The fourth-order valence-corrected chi connectivity index (χ4v) is 3.73. The lowest BCUT2D eigenvalue weighted by molar-refractivity contribution is -0.132. The van der Waals surface area contributed by atoms with Crippen LogP contribution in [0.5, 0.6) is 5.75 Å². The predicted octanol–water partition coefficient (Wildman–Crippen LogP) is 2.08. The van der Waals surface area contributed by atoms with Crippen molar-refractivity contribution in [3.63, 3.8) is 0 Å². The van der Waals surface area contributed by atoms with E-state index in [9.17, 15) is 4.79 Å². The van der Waals surface area contributed by atoms with E-state index in [1.165, 1.54) is 0 Å². The van der Waals surface area contributed by atoms with E-state index in [1.807, 2.05) is 23.1 Å². The Morgan fingerprint density at radius 1 is 1.08 bits per heavy atom. The first-order chi connectivity index (χ1) is 11.7. The molecule has 2 heterocycles. The van der Waals surface area contributed by atoms with Gasteiger partial charge in [-0.2, -0.15) is 0 Å². The molecule has 0 aromatic heterocycles. The monoisotopic (exact) mass is 331 g/mol. The number of hydrogen-bond donors (Lipinski definition) is 0. The van der Waals surface area contributed by atoms with Gasteiger partial charge in [0, 0.05) is 32.6 Å². The number of anilines is 1. The molecule has 0 aliphatic carbocycles. The fourth-order valence-electron chi connectivity index (χ4n) is 3.73. The quantitative estimate of drug-likeness (QED) is 0.846. The number of para-hydroxylation sites is 2. The third-order valence-electron chi connectivity index (χ3n) is 5.36. The second kappa shape index (κ2) is 7.88. The van der Waals surface area contributed by atoms with Crippen LogP contribution < -0.4 is 9.64 Å². The summed E-state index contributed by atoms with van der Waals surface area (Å²) in [5.74, 6) is 1.81. The Bertz CT molecular complexity index is 547. The summed E-state index contributed by atoms with van der Waals surface area (Å²) < 4.78 is 5.46. The molecule has 0 bridgehead atoms. The van der Waals surface area contributed by atoms with Crippen LogP contribution in [0.3, 0.4) is 0 Å². The van der Waals surface area contributed by atoms with E-state index in [0.29, 0.717) is 11.8 Å². The van der Waals surface area contributed by atoms with Crippen molar-refractivity contribution in [2.24, 2.45) is 5.92 Å². The normalized spacial score (nSPS) is 20.2. The standard InChI is InChI=1S/C19H29N3O2/c1-20-9-7-16(8-10-20)15-19(23)22-13-11-21(12-14-22)17-5-3-4-6-18(17)24-2/h3-6,16H,7-15H2,1-2H3. The van der Waals surface area contributed by atoms with Gasteiger partial charge in [-0.25, -0.2) is 0 Å². The third-order valence-corrected chi connectivity index (χ3v) is 5.36. The van der Waals surface area contributed by atoms with Gasteiger partial charge in [0.05, 0.1) is 12.8 Å². The first-order valence-electron chi connectivity index (χ1n) is 9.01. The van der Waals surface area contributed by atoms with E-state index in [2.05, 4.69) is 22.9 Å². The van der Waals surface area contributed by atoms with Crippen LogP contribution in [0, 0.1) is 5.92 Å². The van der Waals surface area contributed by atoms with Gasteiger partial charge in [0.25, 0.3) is 0 Å². The number of methoxy groups -OCH3 is 1. The molecule has 2 aliphatic heterocycles. The first-order valence-corrected chi connectivity index (χ1v) is 9.01. The van der Waals surface area contributed by atoms with E-state index in [-0.39, 0.29) is 0 Å². The van der Waals surface area contributed by atoms with Gasteiger partial charge in [0.15, 0.2) is 0 Å². The van der Waals surface area contributed by atoms with E-state index < -0.39 is 0 Å². The zero-order valence-corrected chi connectivity index (χ0v) is 14.9. The number of carbonyl (C=O) groups is 1. The number of hydrogen-bond acceptors (Lipinski definition) is 4. The molecule has 0 spiro atoms. The summed E-state index contributed by atoms with van der Waals surface area (Å²) in [6.45, 7) is 5.62. The Morgan fingerprint density at radius 3 is 2.42 bits per heavy atom. The van der Waals surface area contributed by atoms with Gasteiger partial charge >= 0.3 is 0 Å². The molecule has 0 radical (unpaired) electrons. The van der Waals surface area contributed by atoms with Crippen molar-refractivity contribution in [3.8, 4) is 5.75 Å². The van der Waals surface area contributed by atoms with Crippen LogP contribution in [0.25, 0.3) is 0 Å².